The van der Waals surface area contributed by atoms with Gasteiger partial charge in [0.1, 0.15) is 42.7 Å². The molecule has 0 spiro atoms. The first-order chi connectivity index (χ1) is 15.1. The van der Waals surface area contributed by atoms with Crippen molar-refractivity contribution in [2.45, 2.75) is 74.5 Å². The summed E-state index contributed by atoms with van der Waals surface area (Å²) < 4.78 is 16.7. The fraction of sp³-hybridized carbons (Fsp3) is 0.889. The van der Waals surface area contributed by atoms with Gasteiger partial charge in [-0.3, -0.25) is 9.59 Å². The number of aliphatic hydroxyl groups excluding tert-OH is 6. The quantitative estimate of drug-likeness (QED) is 0.137. The molecule has 0 saturated carbocycles. The number of ether oxygens (including phenoxy) is 3. The highest BCUT2D eigenvalue weighted by Gasteiger charge is 2.50. The van der Waals surface area contributed by atoms with E-state index in [2.05, 4.69) is 10.6 Å². The summed E-state index contributed by atoms with van der Waals surface area (Å²) in [5.74, 6) is -1.57. The lowest BCUT2D eigenvalue weighted by atomic mass is 9.90. The van der Waals surface area contributed by atoms with Crippen molar-refractivity contribution >= 4 is 11.9 Å². The molecule has 14 heteroatoms. The Hall–Kier alpha value is -1.46. The molecular formula is C18H32N2O12. The van der Waals surface area contributed by atoms with Gasteiger partial charge in [-0.1, -0.05) is 0 Å². The maximum atomic E-state index is 11.8. The third-order valence-electron chi connectivity index (χ3n) is 5.39. The number of carbonyl (C=O) groups excluding carboxylic acids is 1. The molecule has 2 fully saturated rings. The second kappa shape index (κ2) is 12.1. The predicted octanol–water partition coefficient (Wildman–Crippen LogP) is -5.14. The maximum Gasteiger partial charge on any atom is 0.317 e. The van der Waals surface area contributed by atoms with Gasteiger partial charge in [-0.2, -0.15) is 0 Å². The summed E-state index contributed by atoms with van der Waals surface area (Å²) in [6.07, 6.45) is -12.5. The highest BCUT2D eigenvalue weighted by atomic mass is 16.7. The topological polar surface area (TPSA) is 227 Å². The van der Waals surface area contributed by atoms with Crippen molar-refractivity contribution in [2.24, 2.45) is 0 Å². The summed E-state index contributed by atoms with van der Waals surface area (Å²) in [6, 6.07) is -1.01. The Labute approximate surface area is 183 Å². The number of hydrogen-bond acceptors (Lipinski definition) is 12. The monoisotopic (exact) mass is 468 g/mol. The molecule has 0 radical (unpaired) electrons. The van der Waals surface area contributed by atoms with Crippen molar-refractivity contribution in [3.05, 3.63) is 0 Å². The van der Waals surface area contributed by atoms with Crippen molar-refractivity contribution in [2.75, 3.05) is 26.3 Å². The standard InChI is InChI=1S/C18H32N2O12/c1-7(23)20-12-8(2-3-19-4-11(24)25)30-10(6-22)14(27)17(12)32-18-16(29)15(28)13(26)9(5-21)31-18/h8-10,12-19,21-22,26-29H,2-6H2,1H3,(H,20,23)(H,24,25)/t8-,9-,10-,12+,13+,14+,15+,16-,17-,18+/m1/s1. The van der Waals surface area contributed by atoms with E-state index in [0.29, 0.717) is 0 Å². The Morgan fingerprint density at radius 2 is 1.53 bits per heavy atom. The number of aliphatic carboxylic acids is 1. The number of hydrogen-bond donors (Lipinski definition) is 9. The lowest BCUT2D eigenvalue weighted by Crippen LogP contribution is -2.67. The zero-order valence-electron chi connectivity index (χ0n) is 17.5. The smallest absolute Gasteiger partial charge is 0.317 e. The van der Waals surface area contributed by atoms with Crippen LogP contribution < -0.4 is 10.6 Å². The first-order valence-electron chi connectivity index (χ1n) is 10.2. The van der Waals surface area contributed by atoms with Crippen LogP contribution >= 0.6 is 0 Å². The molecule has 1 amide bonds. The largest absolute Gasteiger partial charge is 0.480 e. The average molecular weight is 468 g/mol. The average Bonchev–Trinajstić information content (AvgIpc) is 2.74. The van der Waals surface area contributed by atoms with Crippen molar-refractivity contribution in [1.29, 1.82) is 0 Å². The van der Waals surface area contributed by atoms with Crippen molar-refractivity contribution < 1.29 is 59.5 Å². The van der Waals surface area contributed by atoms with E-state index in [-0.39, 0.29) is 19.5 Å². The molecule has 0 unspecified atom stereocenters. The summed E-state index contributed by atoms with van der Waals surface area (Å²) >= 11 is 0. The number of carboxylic acids is 1. The molecule has 10 atom stereocenters. The van der Waals surface area contributed by atoms with Crippen LogP contribution in [0.1, 0.15) is 13.3 Å². The highest BCUT2D eigenvalue weighted by Crippen LogP contribution is 2.30. The molecule has 0 aromatic rings. The molecule has 2 heterocycles. The van der Waals surface area contributed by atoms with Gasteiger partial charge in [0, 0.05) is 6.92 Å². The molecular weight excluding hydrogens is 436 g/mol. The van der Waals surface area contributed by atoms with Crippen LogP contribution in [-0.2, 0) is 23.8 Å². The van der Waals surface area contributed by atoms with Gasteiger partial charge in [-0.15, -0.1) is 0 Å². The van der Waals surface area contributed by atoms with Gasteiger partial charge in [-0.25, -0.2) is 0 Å². The fourth-order valence-corrected chi connectivity index (χ4v) is 3.77. The summed E-state index contributed by atoms with van der Waals surface area (Å²) in [6.45, 7) is -0.230. The van der Waals surface area contributed by atoms with Crippen LogP contribution in [0, 0.1) is 0 Å². The third kappa shape index (κ3) is 6.54. The van der Waals surface area contributed by atoms with Gasteiger partial charge >= 0.3 is 5.97 Å². The van der Waals surface area contributed by atoms with Crippen molar-refractivity contribution in [3.8, 4) is 0 Å². The van der Waals surface area contributed by atoms with E-state index in [1.54, 1.807) is 0 Å². The van der Waals surface area contributed by atoms with Crippen molar-refractivity contribution in [1.82, 2.24) is 10.6 Å². The Morgan fingerprint density at radius 1 is 0.906 bits per heavy atom. The number of carboxylic acid groups (broad SMARTS) is 1. The van der Waals surface area contributed by atoms with Gasteiger partial charge in [0.15, 0.2) is 6.29 Å². The van der Waals surface area contributed by atoms with E-state index < -0.39 is 86.3 Å². The zero-order valence-corrected chi connectivity index (χ0v) is 17.5. The number of nitrogens with one attached hydrogen (secondary N) is 2. The minimum absolute atomic E-state index is 0.161. The lowest BCUT2D eigenvalue weighted by molar-refractivity contribution is -0.332. The molecule has 0 aromatic heterocycles. The van der Waals surface area contributed by atoms with Crippen LogP contribution in [0.15, 0.2) is 0 Å². The normalized spacial score (nSPS) is 40.1. The first-order valence-corrected chi connectivity index (χ1v) is 10.2. The van der Waals surface area contributed by atoms with Crippen LogP contribution in [0.4, 0.5) is 0 Å². The molecule has 2 aliphatic heterocycles. The van der Waals surface area contributed by atoms with Crippen LogP contribution in [0.2, 0.25) is 0 Å². The number of aliphatic hydroxyl groups is 6. The highest BCUT2D eigenvalue weighted by molar-refractivity contribution is 5.73. The van der Waals surface area contributed by atoms with Crippen LogP contribution in [0.3, 0.4) is 0 Å². The molecule has 2 saturated heterocycles. The van der Waals surface area contributed by atoms with E-state index in [0.717, 1.165) is 0 Å². The number of amides is 1. The summed E-state index contributed by atoms with van der Waals surface area (Å²) in [4.78, 5) is 22.5. The summed E-state index contributed by atoms with van der Waals surface area (Å²) in [5, 5.41) is 73.8. The van der Waals surface area contributed by atoms with E-state index in [1.165, 1.54) is 6.92 Å². The molecule has 0 bridgehead atoms. The number of carbonyl (C=O) groups is 2. The van der Waals surface area contributed by atoms with Gasteiger partial charge in [0.2, 0.25) is 5.91 Å². The van der Waals surface area contributed by atoms with E-state index in [1.807, 2.05) is 0 Å². The maximum absolute atomic E-state index is 11.8. The molecule has 2 aliphatic rings. The molecule has 9 N–H and O–H groups in total. The minimum atomic E-state index is -1.75. The predicted molar refractivity (Wildman–Crippen MR) is 103 cm³/mol. The van der Waals surface area contributed by atoms with E-state index >= 15 is 0 Å². The molecule has 0 aliphatic carbocycles. The first kappa shape index (κ1) is 26.8. The van der Waals surface area contributed by atoms with Crippen molar-refractivity contribution in [3.63, 3.8) is 0 Å². The second-order valence-electron chi connectivity index (χ2n) is 7.77. The molecule has 186 valence electrons. The third-order valence-corrected chi connectivity index (χ3v) is 5.39. The van der Waals surface area contributed by atoms with Crippen LogP contribution in [0.25, 0.3) is 0 Å². The van der Waals surface area contributed by atoms with Gasteiger partial charge < -0.3 is 60.6 Å². The fourth-order valence-electron chi connectivity index (χ4n) is 3.77. The Balaban J connectivity index is 2.22. The Bertz CT molecular complexity index is 623. The van der Waals surface area contributed by atoms with Gasteiger partial charge in [-0.05, 0) is 13.0 Å². The molecule has 32 heavy (non-hydrogen) atoms. The summed E-state index contributed by atoms with van der Waals surface area (Å²) in [7, 11) is 0. The second-order valence-corrected chi connectivity index (χ2v) is 7.77. The molecule has 14 nitrogen and oxygen atoms in total. The lowest BCUT2D eigenvalue weighted by Gasteiger charge is -2.47. The van der Waals surface area contributed by atoms with E-state index in [4.69, 9.17) is 19.3 Å². The van der Waals surface area contributed by atoms with Gasteiger partial charge in [0.05, 0.1) is 31.9 Å². The van der Waals surface area contributed by atoms with Gasteiger partial charge in [0.25, 0.3) is 0 Å². The SMILES string of the molecule is CC(=O)N[C@@H]1[C@@H](O[C@@H]2O[C@H](CO)[C@H](O)[C@H](O)[C@H]2O)[C@@H](O)[C@@H](CO)O[C@@H]1CCNCC(=O)O. The summed E-state index contributed by atoms with van der Waals surface area (Å²) in [5.41, 5.74) is 0. The molecule has 0 aromatic carbocycles. The Morgan fingerprint density at radius 3 is 2.09 bits per heavy atom. The van der Waals surface area contributed by atoms with Crippen LogP contribution in [-0.4, -0.2) is 135 Å². The van der Waals surface area contributed by atoms with Crippen LogP contribution in [0.5, 0.6) is 0 Å². The zero-order chi connectivity index (χ0) is 24.0. The minimum Gasteiger partial charge on any atom is -0.480 e. The molecule has 2 rings (SSSR count). The Kier molecular flexibility index (Phi) is 10.2. The number of rotatable bonds is 10. The van der Waals surface area contributed by atoms with E-state index in [9.17, 15) is 40.2 Å².